The Balaban J connectivity index is 1.00. The molecular weight excluding hydrogens is 1210 g/mol. The number of fused-ring (bicyclic) bond motifs is 2. The van der Waals surface area contributed by atoms with E-state index in [-0.39, 0.29) is 71.9 Å². The second-order valence-electron chi connectivity index (χ2n) is 27.5. The maximum atomic E-state index is 14.4. The average Bonchev–Trinajstić information content (AvgIpc) is 1.61. The molecule has 522 valence electrons. The number of carbonyl (C=O) groups excluding carboxylic acids is 5. The average molecular weight is 1330 g/mol. The number of aliphatic imine (C=N–C) groups is 1. The molecule has 4 aromatic rings. The number of hydrogen-bond acceptors (Lipinski definition) is 9. The van der Waals surface area contributed by atoms with Gasteiger partial charge in [-0.2, -0.15) is 4.58 Å². The quantitative estimate of drug-likeness (QED) is 0.00952. The van der Waals surface area contributed by atoms with E-state index in [9.17, 15) is 28.8 Å². The number of benzene rings is 4. The summed E-state index contributed by atoms with van der Waals surface area (Å²) in [5.41, 5.74) is 23.0. The summed E-state index contributed by atoms with van der Waals surface area (Å²) in [6.45, 7) is 18.5. The summed E-state index contributed by atoms with van der Waals surface area (Å²) in [5, 5.41) is 20.4. The number of aliphatic carboxylic acids is 1. The molecule has 0 saturated carbocycles. The Morgan fingerprint density at radius 3 is 2.12 bits per heavy atom. The van der Waals surface area contributed by atoms with Crippen LogP contribution in [-0.2, 0) is 47.6 Å². The molecule has 0 bridgehead atoms. The first-order chi connectivity index (χ1) is 46.7. The van der Waals surface area contributed by atoms with E-state index in [1.54, 1.807) is 6.92 Å². The Hall–Kier alpha value is -8.60. The molecule has 0 aromatic heterocycles. The summed E-state index contributed by atoms with van der Waals surface area (Å²) in [5.74, 6) is -0.715. The van der Waals surface area contributed by atoms with Crippen LogP contribution < -0.4 is 42.4 Å². The number of allylic oxidation sites excluding steroid dienone is 7. The van der Waals surface area contributed by atoms with Gasteiger partial charge >= 0.3 is 12.0 Å². The van der Waals surface area contributed by atoms with Crippen LogP contribution in [0.5, 0.6) is 5.75 Å². The summed E-state index contributed by atoms with van der Waals surface area (Å²) in [6, 6.07) is 33.8. The van der Waals surface area contributed by atoms with Gasteiger partial charge in [0.25, 0.3) is 0 Å². The summed E-state index contributed by atoms with van der Waals surface area (Å²) in [4.78, 5) is 84.3. The van der Waals surface area contributed by atoms with Crippen LogP contribution in [0.3, 0.4) is 0 Å². The van der Waals surface area contributed by atoms with Gasteiger partial charge in [0.2, 0.25) is 17.5 Å². The second-order valence-corrected chi connectivity index (χ2v) is 27.5. The van der Waals surface area contributed by atoms with Crippen molar-refractivity contribution < 1.29 is 43.2 Å². The van der Waals surface area contributed by atoms with Gasteiger partial charge in [-0.3, -0.25) is 29.0 Å². The van der Waals surface area contributed by atoms with Crippen LogP contribution >= 0.6 is 0 Å². The number of urea groups is 1. The van der Waals surface area contributed by atoms with E-state index in [0.29, 0.717) is 77.4 Å². The van der Waals surface area contributed by atoms with Crippen molar-refractivity contribution in [3.05, 3.63) is 172 Å². The molecule has 4 aromatic carbocycles. The highest BCUT2D eigenvalue weighted by molar-refractivity contribution is 6.03. The highest BCUT2D eigenvalue weighted by Crippen LogP contribution is 2.48. The molecule has 0 saturated heterocycles. The minimum Gasteiger partial charge on any atom is -0.481 e. The molecule has 0 unspecified atom stereocenters. The monoisotopic (exact) mass is 1320 g/mol. The first kappa shape index (κ1) is 75.8. The highest BCUT2D eigenvalue weighted by Gasteiger charge is 2.44. The van der Waals surface area contributed by atoms with Gasteiger partial charge in [-0.05, 0) is 162 Å². The zero-order valence-corrected chi connectivity index (χ0v) is 59.0. The number of ketones is 2. The van der Waals surface area contributed by atoms with Crippen LogP contribution in [0.2, 0.25) is 0 Å². The van der Waals surface area contributed by atoms with Crippen LogP contribution in [0, 0.1) is 5.92 Å². The van der Waals surface area contributed by atoms with Gasteiger partial charge in [0.1, 0.15) is 23.8 Å². The van der Waals surface area contributed by atoms with Gasteiger partial charge < -0.3 is 47.5 Å². The van der Waals surface area contributed by atoms with Crippen molar-refractivity contribution in [2.24, 2.45) is 22.4 Å². The summed E-state index contributed by atoms with van der Waals surface area (Å²) >= 11 is 0. The number of ether oxygens (including phenoxy) is 1. The van der Waals surface area contributed by atoms with Gasteiger partial charge in [0, 0.05) is 111 Å². The molecule has 3 aliphatic rings. The Morgan fingerprint density at radius 1 is 0.691 bits per heavy atom. The Kier molecular flexibility index (Phi) is 30.0. The number of nitrogens with zero attached hydrogens (tertiary/aromatic N) is 3. The number of amides is 4. The van der Waals surface area contributed by atoms with E-state index in [2.05, 4.69) is 162 Å². The summed E-state index contributed by atoms with van der Waals surface area (Å²) in [7, 11) is 0. The fraction of sp³-hybridized carbons (Fsp3) is 0.500. The van der Waals surface area contributed by atoms with Crippen molar-refractivity contribution in [3.8, 4) is 5.75 Å². The van der Waals surface area contributed by atoms with Crippen LogP contribution in [0.1, 0.15) is 206 Å². The lowest BCUT2D eigenvalue weighted by Crippen LogP contribution is -2.44. The van der Waals surface area contributed by atoms with Crippen LogP contribution in [0.4, 0.5) is 16.2 Å². The van der Waals surface area contributed by atoms with Gasteiger partial charge in [0.05, 0.1) is 11.5 Å². The highest BCUT2D eigenvalue weighted by atomic mass is 16.5. The third-order valence-corrected chi connectivity index (χ3v) is 19.1. The Labute approximate surface area is 577 Å². The molecule has 2 heterocycles. The predicted octanol–water partition coefficient (Wildman–Crippen LogP) is 14.0. The number of carboxylic acids is 1. The number of anilines is 1. The molecule has 4 amide bonds. The number of unbranched alkanes of at least 4 members (excludes halogenated alkanes) is 6. The first-order valence-electron chi connectivity index (χ1n) is 35.9. The van der Waals surface area contributed by atoms with E-state index in [0.717, 1.165) is 105 Å². The topological polar surface area (TPSA) is 251 Å². The number of Topliss-reactive ketones (excluding diaryl/α,β-unsaturated/α-hetero) is 2. The van der Waals surface area contributed by atoms with Crippen molar-refractivity contribution in [2.75, 3.05) is 37.6 Å². The van der Waals surface area contributed by atoms with Gasteiger partial charge in [-0.1, -0.05) is 138 Å². The van der Waals surface area contributed by atoms with Gasteiger partial charge in [0.15, 0.2) is 17.5 Å². The van der Waals surface area contributed by atoms with Gasteiger partial charge in [-0.15, -0.1) is 0 Å². The van der Waals surface area contributed by atoms with Crippen molar-refractivity contribution >= 4 is 58.4 Å². The zero-order chi connectivity index (χ0) is 69.7. The Morgan fingerprint density at radius 2 is 1.39 bits per heavy atom. The lowest BCUT2D eigenvalue weighted by atomic mass is 9.81. The molecule has 17 heteroatoms. The number of nitrogens with one attached hydrogen (secondary N) is 4. The molecule has 7 rings (SSSR count). The van der Waals surface area contributed by atoms with Crippen molar-refractivity contribution in [2.45, 2.75) is 219 Å². The molecule has 17 nitrogen and oxygen atoms in total. The fourth-order valence-corrected chi connectivity index (χ4v) is 13.5. The molecule has 0 fully saturated rings. The fourth-order valence-electron chi connectivity index (χ4n) is 13.5. The molecule has 97 heavy (non-hydrogen) atoms. The normalized spacial score (nSPS) is 16.4. The van der Waals surface area contributed by atoms with E-state index in [4.69, 9.17) is 21.3 Å². The standard InChI is InChI=1S/C80H109N9O8/c1-8-10-23-54-89-69-37-22-20-35-66(69)80(6,7)72(89)47-43-61-30-24-29-60(42-46-71-79(4,5)65-34-19-21-36-68(65)88(71)53-11-9-2)75(61)97-64-44-40-58(41-45-64)49-52-83-76(95)62(31-25-50-84-77(81)82)56-70(91)67(55-59-27-15-14-16-28-59)87-73(92)38-18-13-12-17-32-63(90)33-26-51-85-78(96)86-57(3)39-48-74(93)94/h14-16,19-22,27-28,34-37,40-47,57,62,67H,8-13,17-18,23-26,29-33,38-39,48-56H2,1-7H3,(H8-,81,82,83,84,85,86,87,92,93,94,95,96)/p+1/t57-,62-,67+/m1/s1. The minimum absolute atomic E-state index is 0.0334. The summed E-state index contributed by atoms with van der Waals surface area (Å²) in [6.07, 6.45) is 23.7. The number of hydrogen-bond donors (Lipinski definition) is 7. The number of guanidine groups is 1. The lowest BCUT2D eigenvalue weighted by Gasteiger charge is -2.27. The first-order valence-corrected chi connectivity index (χ1v) is 35.9. The maximum Gasteiger partial charge on any atom is 0.314 e. The third kappa shape index (κ3) is 23.0. The number of carbonyl (C=O) groups is 6. The number of nitrogens with two attached hydrogens (primary N) is 2. The SMILES string of the molecule is CCCCC[N+]1=C(/C=C/C2=C(Oc3ccc(CCNC(=O)[C@H](CCCN=C(N)N)CC(=O)[C@H](Cc4ccccc4)NC(=O)CCCCCCC(=O)CCCNC(=O)N[C@H](C)CCC(=O)O)cc3)C(=C/C=C3/N(CCCC)c4ccccc4C3(C)C)/CCC2)C(C)(C)c2ccccc21. The molecule has 9 N–H and O–H groups in total. The van der Waals surface area contributed by atoms with Crippen LogP contribution in [0.25, 0.3) is 0 Å². The molecule has 2 aliphatic heterocycles. The molecule has 0 spiro atoms. The maximum absolute atomic E-state index is 14.4. The zero-order valence-electron chi connectivity index (χ0n) is 59.0. The third-order valence-electron chi connectivity index (χ3n) is 19.1. The minimum atomic E-state index is -0.918. The van der Waals surface area contributed by atoms with Crippen molar-refractivity contribution in [1.82, 2.24) is 21.3 Å². The van der Waals surface area contributed by atoms with Crippen LogP contribution in [-0.4, -0.2) is 102 Å². The molecule has 3 atom stereocenters. The van der Waals surface area contributed by atoms with E-state index >= 15 is 0 Å². The van der Waals surface area contributed by atoms with E-state index < -0.39 is 24.0 Å². The van der Waals surface area contributed by atoms with E-state index in [1.165, 1.54) is 40.3 Å². The largest absolute Gasteiger partial charge is 0.481 e. The Bertz CT molecular complexity index is 3490. The van der Waals surface area contributed by atoms with E-state index in [1.807, 2.05) is 42.5 Å². The smallest absolute Gasteiger partial charge is 0.314 e. The van der Waals surface area contributed by atoms with Crippen molar-refractivity contribution in [3.63, 3.8) is 0 Å². The number of rotatable bonds is 41. The van der Waals surface area contributed by atoms with Gasteiger partial charge in [-0.25, -0.2) is 4.79 Å². The second kappa shape index (κ2) is 38.4. The lowest BCUT2D eigenvalue weighted by molar-refractivity contribution is -0.438. The van der Waals surface area contributed by atoms with Crippen LogP contribution in [0.15, 0.2) is 155 Å². The predicted molar refractivity (Wildman–Crippen MR) is 390 cm³/mol. The summed E-state index contributed by atoms with van der Waals surface area (Å²) < 4.78 is 9.67. The molecule has 0 radical (unpaired) electrons. The number of carboxylic acid groups (broad SMARTS) is 1. The number of para-hydroxylation sites is 2. The molecule has 1 aliphatic carbocycles. The van der Waals surface area contributed by atoms with Crippen molar-refractivity contribution in [1.29, 1.82) is 0 Å². The molecular formula is C80H110N9O8+.